The van der Waals surface area contributed by atoms with Gasteiger partial charge in [0, 0.05) is 18.5 Å². The van der Waals surface area contributed by atoms with Gasteiger partial charge in [-0.25, -0.2) is 4.79 Å². The summed E-state index contributed by atoms with van der Waals surface area (Å²) in [7, 11) is 0. The minimum Gasteiger partial charge on any atom is -0.337 e. The van der Waals surface area contributed by atoms with Gasteiger partial charge in [-0.3, -0.25) is 0 Å². The van der Waals surface area contributed by atoms with Crippen molar-refractivity contribution >= 4 is 17.6 Å². The monoisotopic (exact) mass is 162 g/mol. The molecule has 0 aliphatic heterocycles. The molecule has 0 unspecified atom stereocenters. The van der Waals surface area contributed by atoms with Gasteiger partial charge in [0.1, 0.15) is 0 Å². The van der Waals surface area contributed by atoms with E-state index in [-0.39, 0.29) is 6.03 Å². The summed E-state index contributed by atoms with van der Waals surface area (Å²) in [4.78, 5) is 10.8. The third-order valence-corrected chi connectivity index (χ3v) is 1.48. The summed E-state index contributed by atoms with van der Waals surface area (Å²) < 4.78 is 0. The summed E-state index contributed by atoms with van der Waals surface area (Å²) in [6, 6.07) is 0.332. The number of nitrogens with one attached hydrogen (secondary N) is 2. The molecule has 1 saturated carbocycles. The molecule has 0 atom stereocenters. The standard InChI is InChI=1S/C6H11ClN2O/c7-3-4-8-6(10)9-5-1-2-5/h5H,1-4H2,(H2,8,9,10). The van der Waals surface area contributed by atoms with Gasteiger partial charge in [0.05, 0.1) is 0 Å². The number of carbonyl (C=O) groups is 1. The highest BCUT2D eigenvalue weighted by atomic mass is 35.5. The van der Waals surface area contributed by atoms with E-state index in [4.69, 9.17) is 11.6 Å². The Morgan fingerprint density at radius 2 is 2.30 bits per heavy atom. The lowest BCUT2D eigenvalue weighted by molar-refractivity contribution is 0.241. The molecular weight excluding hydrogens is 152 g/mol. The van der Waals surface area contributed by atoms with Crippen LogP contribution in [0.5, 0.6) is 0 Å². The number of carbonyl (C=O) groups excluding carboxylic acids is 1. The molecule has 58 valence electrons. The fourth-order valence-corrected chi connectivity index (χ4v) is 0.719. The largest absolute Gasteiger partial charge is 0.337 e. The van der Waals surface area contributed by atoms with Crippen LogP contribution >= 0.6 is 11.6 Å². The molecule has 1 aliphatic carbocycles. The van der Waals surface area contributed by atoms with Crippen molar-refractivity contribution in [1.29, 1.82) is 0 Å². The maximum Gasteiger partial charge on any atom is 0.315 e. The Morgan fingerprint density at radius 1 is 1.60 bits per heavy atom. The van der Waals surface area contributed by atoms with Crippen LogP contribution in [0.4, 0.5) is 4.79 Å². The lowest BCUT2D eigenvalue weighted by Crippen LogP contribution is -2.37. The Bertz CT molecular complexity index is 125. The van der Waals surface area contributed by atoms with Crippen LogP contribution in [0.15, 0.2) is 0 Å². The van der Waals surface area contributed by atoms with Crippen LogP contribution < -0.4 is 10.6 Å². The van der Waals surface area contributed by atoms with Crippen LogP contribution in [0, 0.1) is 0 Å². The van der Waals surface area contributed by atoms with Crippen molar-refractivity contribution < 1.29 is 4.79 Å². The van der Waals surface area contributed by atoms with Gasteiger partial charge in [-0.05, 0) is 12.8 Å². The zero-order chi connectivity index (χ0) is 7.40. The predicted molar refractivity (Wildman–Crippen MR) is 40.3 cm³/mol. The number of rotatable bonds is 3. The van der Waals surface area contributed by atoms with Crippen LogP contribution in [0.2, 0.25) is 0 Å². The Kier molecular flexibility index (Phi) is 2.81. The first-order chi connectivity index (χ1) is 4.83. The smallest absolute Gasteiger partial charge is 0.315 e. The van der Waals surface area contributed by atoms with Crippen LogP contribution in [-0.2, 0) is 0 Å². The van der Waals surface area contributed by atoms with Crippen LogP contribution in [-0.4, -0.2) is 24.5 Å². The van der Waals surface area contributed by atoms with Gasteiger partial charge in [0.2, 0.25) is 0 Å². The molecule has 1 fully saturated rings. The lowest BCUT2D eigenvalue weighted by Gasteiger charge is -2.02. The molecule has 1 aliphatic rings. The van der Waals surface area contributed by atoms with Crippen LogP contribution in [0.25, 0.3) is 0 Å². The highest BCUT2D eigenvalue weighted by molar-refractivity contribution is 6.18. The number of alkyl halides is 1. The fourth-order valence-electron chi connectivity index (χ4n) is 0.625. The normalized spacial score (nSPS) is 16.5. The van der Waals surface area contributed by atoms with Crippen LogP contribution in [0.1, 0.15) is 12.8 Å². The van der Waals surface area contributed by atoms with Crippen LogP contribution in [0.3, 0.4) is 0 Å². The molecule has 0 spiro atoms. The molecule has 3 nitrogen and oxygen atoms in total. The van der Waals surface area contributed by atoms with E-state index in [1.807, 2.05) is 0 Å². The fraction of sp³-hybridized carbons (Fsp3) is 0.833. The van der Waals surface area contributed by atoms with E-state index in [0.717, 1.165) is 12.8 Å². The molecule has 0 radical (unpaired) electrons. The van der Waals surface area contributed by atoms with Crippen molar-refractivity contribution in [1.82, 2.24) is 10.6 Å². The summed E-state index contributed by atoms with van der Waals surface area (Å²) in [5, 5.41) is 5.40. The molecule has 4 heteroatoms. The summed E-state index contributed by atoms with van der Waals surface area (Å²) in [6.07, 6.45) is 2.24. The van der Waals surface area contributed by atoms with Crippen molar-refractivity contribution in [3.05, 3.63) is 0 Å². The number of amides is 2. The molecular formula is C6H11ClN2O. The molecule has 2 N–H and O–H groups in total. The Balaban J connectivity index is 1.97. The second-order valence-corrected chi connectivity index (χ2v) is 2.74. The van der Waals surface area contributed by atoms with Crippen molar-refractivity contribution in [3.8, 4) is 0 Å². The van der Waals surface area contributed by atoms with Crippen molar-refractivity contribution in [2.24, 2.45) is 0 Å². The molecule has 0 heterocycles. The van der Waals surface area contributed by atoms with Crippen molar-refractivity contribution in [2.75, 3.05) is 12.4 Å². The van der Waals surface area contributed by atoms with Gasteiger partial charge in [-0.15, -0.1) is 11.6 Å². The van der Waals surface area contributed by atoms with Crippen molar-refractivity contribution in [3.63, 3.8) is 0 Å². The van der Waals surface area contributed by atoms with Crippen molar-refractivity contribution in [2.45, 2.75) is 18.9 Å². The molecule has 2 amide bonds. The van der Waals surface area contributed by atoms with E-state index >= 15 is 0 Å². The predicted octanol–water partition coefficient (Wildman–Crippen LogP) is 0.687. The lowest BCUT2D eigenvalue weighted by atomic mass is 10.6. The zero-order valence-electron chi connectivity index (χ0n) is 5.69. The van der Waals surface area contributed by atoms with E-state index in [1.54, 1.807) is 0 Å². The van der Waals surface area contributed by atoms with Gasteiger partial charge in [-0.2, -0.15) is 0 Å². The third kappa shape index (κ3) is 2.92. The molecule has 0 bridgehead atoms. The maximum absolute atomic E-state index is 10.8. The molecule has 0 aromatic heterocycles. The van der Waals surface area contributed by atoms with Gasteiger partial charge in [0.25, 0.3) is 0 Å². The minimum atomic E-state index is -0.0943. The topological polar surface area (TPSA) is 41.1 Å². The van der Waals surface area contributed by atoms with E-state index in [0.29, 0.717) is 18.5 Å². The highest BCUT2D eigenvalue weighted by Gasteiger charge is 2.22. The second-order valence-electron chi connectivity index (χ2n) is 2.36. The SMILES string of the molecule is O=C(NCCCl)NC1CC1. The van der Waals surface area contributed by atoms with Gasteiger partial charge in [0.15, 0.2) is 0 Å². The first-order valence-electron chi connectivity index (χ1n) is 3.43. The molecule has 0 saturated heterocycles. The van der Waals surface area contributed by atoms with Gasteiger partial charge in [-0.1, -0.05) is 0 Å². The second kappa shape index (κ2) is 3.66. The summed E-state index contributed by atoms with van der Waals surface area (Å²) in [6.45, 7) is 0.542. The Labute approximate surface area is 65.1 Å². The molecule has 0 aromatic carbocycles. The van der Waals surface area contributed by atoms with E-state index in [9.17, 15) is 4.79 Å². The molecule has 0 aromatic rings. The Hall–Kier alpha value is -0.440. The van der Waals surface area contributed by atoms with Gasteiger partial charge >= 0.3 is 6.03 Å². The van der Waals surface area contributed by atoms with E-state index in [1.165, 1.54) is 0 Å². The first-order valence-corrected chi connectivity index (χ1v) is 3.96. The van der Waals surface area contributed by atoms with Gasteiger partial charge < -0.3 is 10.6 Å². The summed E-state index contributed by atoms with van der Waals surface area (Å²) in [5.74, 6) is 0.470. The molecule has 1 rings (SSSR count). The zero-order valence-corrected chi connectivity index (χ0v) is 6.45. The van der Waals surface area contributed by atoms with E-state index < -0.39 is 0 Å². The number of hydrogen-bond acceptors (Lipinski definition) is 1. The average molecular weight is 163 g/mol. The minimum absolute atomic E-state index is 0.0943. The molecule has 10 heavy (non-hydrogen) atoms. The third-order valence-electron chi connectivity index (χ3n) is 1.29. The highest BCUT2D eigenvalue weighted by Crippen LogP contribution is 2.17. The number of hydrogen-bond donors (Lipinski definition) is 2. The number of urea groups is 1. The number of halogens is 1. The Morgan fingerprint density at radius 3 is 2.80 bits per heavy atom. The average Bonchev–Trinajstić information content (AvgIpc) is 2.67. The quantitative estimate of drug-likeness (QED) is 0.589. The van der Waals surface area contributed by atoms with E-state index in [2.05, 4.69) is 10.6 Å². The first kappa shape index (κ1) is 7.66. The summed E-state index contributed by atoms with van der Waals surface area (Å²) >= 11 is 5.36. The maximum atomic E-state index is 10.8. The summed E-state index contributed by atoms with van der Waals surface area (Å²) in [5.41, 5.74) is 0.